The van der Waals surface area contributed by atoms with Crippen molar-refractivity contribution in [3.8, 4) is 0 Å². The van der Waals surface area contributed by atoms with E-state index in [0.29, 0.717) is 6.04 Å². The van der Waals surface area contributed by atoms with Crippen molar-refractivity contribution in [1.29, 1.82) is 0 Å². The molecule has 24 heavy (non-hydrogen) atoms. The largest absolute Gasteiger partial charge is 0.352 e. The first-order valence-corrected chi connectivity index (χ1v) is 8.60. The van der Waals surface area contributed by atoms with Crippen LogP contribution in [0.15, 0.2) is 48.5 Å². The van der Waals surface area contributed by atoms with E-state index in [9.17, 15) is 9.18 Å². The molecule has 2 atom stereocenters. The van der Waals surface area contributed by atoms with Gasteiger partial charge < -0.3 is 5.32 Å². The lowest BCUT2D eigenvalue weighted by Gasteiger charge is -2.23. The number of hydrogen-bond donors (Lipinski definition) is 2. The minimum absolute atomic E-state index is 0.0271. The van der Waals surface area contributed by atoms with E-state index in [4.69, 9.17) is 0 Å². The Labute approximate surface area is 141 Å². The first-order chi connectivity index (χ1) is 11.7. The summed E-state index contributed by atoms with van der Waals surface area (Å²) in [5.41, 5.74) is 3.12. The summed E-state index contributed by atoms with van der Waals surface area (Å²) in [4.78, 5) is 12.7. The van der Waals surface area contributed by atoms with Crippen LogP contribution in [0.2, 0.25) is 0 Å². The Morgan fingerprint density at radius 1 is 1.08 bits per heavy atom. The zero-order valence-corrected chi connectivity index (χ0v) is 13.5. The molecule has 0 unspecified atom stereocenters. The van der Waals surface area contributed by atoms with Crippen molar-refractivity contribution >= 4 is 5.91 Å². The Balaban J connectivity index is 1.57. The maximum absolute atomic E-state index is 13.4. The first kappa shape index (κ1) is 15.3. The monoisotopic (exact) mass is 324 g/mol. The molecule has 2 aromatic carbocycles. The molecule has 2 aromatic rings. The third-order valence-corrected chi connectivity index (χ3v) is 4.87. The van der Waals surface area contributed by atoms with Gasteiger partial charge in [-0.3, -0.25) is 10.1 Å². The summed E-state index contributed by atoms with van der Waals surface area (Å²) < 4.78 is 13.4. The Kier molecular flexibility index (Phi) is 4.07. The molecule has 0 bridgehead atoms. The van der Waals surface area contributed by atoms with Gasteiger partial charge in [-0.15, -0.1) is 0 Å². The molecule has 0 aromatic heterocycles. The van der Waals surface area contributed by atoms with Gasteiger partial charge in [0.25, 0.3) is 0 Å². The van der Waals surface area contributed by atoms with Crippen LogP contribution in [0.1, 0.15) is 48.0 Å². The number of nitrogens with one attached hydrogen (secondary N) is 2. The molecule has 0 heterocycles. The molecule has 2 aliphatic carbocycles. The minimum atomic E-state index is -0.382. The molecular weight excluding hydrogens is 303 g/mol. The van der Waals surface area contributed by atoms with Crippen LogP contribution in [0.3, 0.4) is 0 Å². The molecule has 2 aliphatic rings. The molecule has 0 spiro atoms. The van der Waals surface area contributed by atoms with Crippen molar-refractivity contribution in [2.24, 2.45) is 0 Å². The highest BCUT2D eigenvalue weighted by Crippen LogP contribution is 2.34. The van der Waals surface area contributed by atoms with Crippen molar-refractivity contribution in [2.45, 2.75) is 43.8 Å². The van der Waals surface area contributed by atoms with Gasteiger partial charge in [0, 0.05) is 12.1 Å². The predicted molar refractivity (Wildman–Crippen MR) is 90.9 cm³/mol. The van der Waals surface area contributed by atoms with Crippen molar-refractivity contribution in [2.75, 3.05) is 0 Å². The van der Waals surface area contributed by atoms with Gasteiger partial charge >= 0.3 is 0 Å². The molecule has 124 valence electrons. The van der Waals surface area contributed by atoms with E-state index >= 15 is 0 Å². The molecule has 1 saturated carbocycles. The van der Waals surface area contributed by atoms with Gasteiger partial charge in [-0.05, 0) is 54.5 Å². The van der Waals surface area contributed by atoms with Crippen LogP contribution in [0, 0.1) is 5.82 Å². The molecule has 4 heteroatoms. The summed E-state index contributed by atoms with van der Waals surface area (Å²) >= 11 is 0. The van der Waals surface area contributed by atoms with Gasteiger partial charge in [-0.2, -0.15) is 0 Å². The zero-order chi connectivity index (χ0) is 16.5. The Bertz CT molecular complexity index is 743. The van der Waals surface area contributed by atoms with E-state index in [1.807, 2.05) is 36.4 Å². The third kappa shape index (κ3) is 3.20. The average Bonchev–Trinajstić information content (AvgIpc) is 3.32. The topological polar surface area (TPSA) is 41.1 Å². The smallest absolute Gasteiger partial charge is 0.241 e. The SMILES string of the molecule is O=C(NC1CC1)[C@H](N[C@H]1CCc2cc(F)ccc21)c1ccccc1. The van der Waals surface area contributed by atoms with Crippen LogP contribution in [0.4, 0.5) is 4.39 Å². The fraction of sp³-hybridized carbons (Fsp3) is 0.350. The summed E-state index contributed by atoms with van der Waals surface area (Å²) in [6, 6.07) is 14.8. The molecule has 1 amide bonds. The number of fused-ring (bicyclic) bond motifs is 1. The molecule has 4 rings (SSSR count). The fourth-order valence-corrected chi connectivity index (χ4v) is 3.44. The molecule has 0 aliphatic heterocycles. The molecule has 2 N–H and O–H groups in total. The third-order valence-electron chi connectivity index (χ3n) is 4.87. The normalized spacial score (nSPS) is 20.5. The lowest BCUT2D eigenvalue weighted by atomic mass is 10.0. The maximum Gasteiger partial charge on any atom is 0.241 e. The van der Waals surface area contributed by atoms with Crippen LogP contribution < -0.4 is 10.6 Å². The second-order valence-corrected chi connectivity index (χ2v) is 6.73. The van der Waals surface area contributed by atoms with Gasteiger partial charge in [0.1, 0.15) is 11.9 Å². The van der Waals surface area contributed by atoms with Crippen molar-refractivity contribution in [3.05, 3.63) is 71.0 Å². The highest BCUT2D eigenvalue weighted by Gasteiger charge is 2.32. The highest BCUT2D eigenvalue weighted by molar-refractivity contribution is 5.83. The van der Waals surface area contributed by atoms with Crippen molar-refractivity contribution in [3.63, 3.8) is 0 Å². The van der Waals surface area contributed by atoms with Gasteiger partial charge in [0.15, 0.2) is 0 Å². The maximum atomic E-state index is 13.4. The molecule has 3 nitrogen and oxygen atoms in total. The van der Waals surface area contributed by atoms with Crippen molar-refractivity contribution < 1.29 is 9.18 Å². The van der Waals surface area contributed by atoms with E-state index in [0.717, 1.165) is 42.4 Å². The Hall–Kier alpha value is -2.20. The number of rotatable bonds is 5. The van der Waals surface area contributed by atoms with Crippen LogP contribution in [0.25, 0.3) is 0 Å². The summed E-state index contributed by atoms with van der Waals surface area (Å²) in [6.45, 7) is 0. The van der Waals surface area contributed by atoms with Gasteiger partial charge in [0.2, 0.25) is 5.91 Å². The van der Waals surface area contributed by atoms with Crippen molar-refractivity contribution in [1.82, 2.24) is 10.6 Å². The Morgan fingerprint density at radius 3 is 2.62 bits per heavy atom. The second-order valence-electron chi connectivity index (χ2n) is 6.73. The first-order valence-electron chi connectivity index (χ1n) is 8.60. The van der Waals surface area contributed by atoms with Crippen LogP contribution in [-0.2, 0) is 11.2 Å². The molecule has 0 saturated heterocycles. The molecule has 0 radical (unpaired) electrons. The highest BCUT2D eigenvalue weighted by atomic mass is 19.1. The summed E-state index contributed by atoms with van der Waals surface area (Å²) in [7, 11) is 0. The van der Waals surface area contributed by atoms with E-state index in [1.165, 1.54) is 6.07 Å². The number of halogens is 1. The standard InChI is InChI=1S/C20H21FN2O/c21-15-7-10-17-14(12-15)6-11-18(17)23-19(13-4-2-1-3-5-13)20(24)22-16-8-9-16/h1-5,7,10,12,16,18-19,23H,6,8-9,11H2,(H,22,24)/t18-,19+/m0/s1. The Morgan fingerprint density at radius 2 is 1.88 bits per heavy atom. The second kappa shape index (κ2) is 6.36. The minimum Gasteiger partial charge on any atom is -0.352 e. The predicted octanol–water partition coefficient (Wildman–Crippen LogP) is 3.42. The summed E-state index contributed by atoms with van der Waals surface area (Å²) in [5, 5.41) is 6.60. The van der Waals surface area contributed by atoms with E-state index in [-0.39, 0.29) is 23.8 Å². The van der Waals surface area contributed by atoms with Crippen LogP contribution in [-0.4, -0.2) is 11.9 Å². The van der Waals surface area contributed by atoms with Gasteiger partial charge in [-0.1, -0.05) is 36.4 Å². The number of amides is 1. The van der Waals surface area contributed by atoms with E-state index in [2.05, 4.69) is 10.6 Å². The quantitative estimate of drug-likeness (QED) is 0.885. The average molecular weight is 324 g/mol. The number of carbonyl (C=O) groups excluding carboxylic acids is 1. The summed E-state index contributed by atoms with van der Waals surface area (Å²) in [6.07, 6.45) is 3.87. The molecule has 1 fully saturated rings. The molecular formula is C20H21FN2O. The lowest BCUT2D eigenvalue weighted by molar-refractivity contribution is -0.123. The number of aryl methyl sites for hydroxylation is 1. The number of benzene rings is 2. The zero-order valence-electron chi connectivity index (χ0n) is 13.5. The fourth-order valence-electron chi connectivity index (χ4n) is 3.44. The van der Waals surface area contributed by atoms with Gasteiger partial charge in [-0.25, -0.2) is 4.39 Å². The van der Waals surface area contributed by atoms with E-state index in [1.54, 1.807) is 6.07 Å². The van der Waals surface area contributed by atoms with E-state index < -0.39 is 0 Å². The van der Waals surface area contributed by atoms with Crippen LogP contribution in [0.5, 0.6) is 0 Å². The number of hydrogen-bond acceptors (Lipinski definition) is 2. The summed E-state index contributed by atoms with van der Waals surface area (Å²) in [5.74, 6) is -0.167. The van der Waals surface area contributed by atoms with Gasteiger partial charge in [0.05, 0.1) is 0 Å². The lowest BCUT2D eigenvalue weighted by Crippen LogP contribution is -2.39. The van der Waals surface area contributed by atoms with Crippen LogP contribution >= 0.6 is 0 Å². The number of carbonyl (C=O) groups is 1.